The number of benzene rings is 1. The number of fused-ring (bicyclic) bond motifs is 3. The minimum absolute atomic E-state index is 0.00627. The summed E-state index contributed by atoms with van der Waals surface area (Å²) in [4.78, 5) is 16.4. The van der Waals surface area contributed by atoms with Gasteiger partial charge in [-0.05, 0) is 30.5 Å². The molecule has 0 bridgehead atoms. The molecule has 0 fully saturated rings. The quantitative estimate of drug-likeness (QED) is 0.520. The number of hydrogen-bond donors (Lipinski definition) is 1. The van der Waals surface area contributed by atoms with Crippen LogP contribution in [0.25, 0.3) is 22.1 Å². The van der Waals surface area contributed by atoms with E-state index in [-0.39, 0.29) is 5.91 Å². The molecule has 1 amide bonds. The maximum Gasteiger partial charge on any atom is 0.230 e. The van der Waals surface area contributed by atoms with E-state index >= 15 is 0 Å². The lowest BCUT2D eigenvalue weighted by molar-refractivity contribution is -0.118. The van der Waals surface area contributed by atoms with Crippen molar-refractivity contribution in [1.82, 2.24) is 25.1 Å². The van der Waals surface area contributed by atoms with Gasteiger partial charge in [-0.1, -0.05) is 38.1 Å². The molecule has 1 N–H and O–H groups in total. The lowest BCUT2D eigenvalue weighted by Gasteiger charge is -2.03. The smallest absolute Gasteiger partial charge is 0.230 e. The molecule has 2 aromatic heterocycles. The Kier molecular flexibility index (Phi) is 5.53. The van der Waals surface area contributed by atoms with Gasteiger partial charge in [0.1, 0.15) is 5.52 Å². The molecule has 6 nitrogen and oxygen atoms in total. The monoisotopic (exact) mass is 357 g/mol. The molecule has 7 heteroatoms. The largest absolute Gasteiger partial charge is 0.355 e. The average molecular weight is 357 g/mol. The molecule has 0 saturated carbocycles. The third-order valence-electron chi connectivity index (χ3n) is 4.24. The van der Waals surface area contributed by atoms with Crippen molar-refractivity contribution >= 4 is 39.7 Å². The predicted octanol–water partition coefficient (Wildman–Crippen LogP) is 3.09. The van der Waals surface area contributed by atoms with Gasteiger partial charge in [0.05, 0.1) is 11.3 Å². The van der Waals surface area contributed by atoms with Crippen LogP contribution in [0.2, 0.25) is 0 Å². The van der Waals surface area contributed by atoms with Crippen LogP contribution in [0.3, 0.4) is 0 Å². The molecule has 0 aliphatic carbocycles. The molecule has 3 rings (SSSR count). The summed E-state index contributed by atoms with van der Waals surface area (Å²) in [7, 11) is 1.98. The SMILES string of the molecule is CCCCNC(=O)CSc1nnc2c3cc(CC)ccc3n(C)c2n1. The molecule has 0 atom stereocenters. The Hall–Kier alpha value is -2.15. The van der Waals surface area contributed by atoms with Crippen LogP contribution in [-0.2, 0) is 18.3 Å². The van der Waals surface area contributed by atoms with Gasteiger partial charge in [0.25, 0.3) is 0 Å². The Balaban J connectivity index is 1.81. The summed E-state index contributed by atoms with van der Waals surface area (Å²) in [6.07, 6.45) is 3.04. The summed E-state index contributed by atoms with van der Waals surface area (Å²) >= 11 is 1.32. The second kappa shape index (κ2) is 7.82. The fourth-order valence-electron chi connectivity index (χ4n) is 2.76. The third-order valence-corrected chi connectivity index (χ3v) is 5.07. The second-order valence-electron chi connectivity index (χ2n) is 6.02. The van der Waals surface area contributed by atoms with E-state index in [9.17, 15) is 4.79 Å². The normalized spacial score (nSPS) is 11.3. The number of carbonyl (C=O) groups is 1. The molecule has 0 saturated heterocycles. The first-order chi connectivity index (χ1) is 12.1. The Morgan fingerprint density at radius 3 is 2.88 bits per heavy atom. The van der Waals surface area contributed by atoms with E-state index in [0.29, 0.717) is 10.9 Å². The van der Waals surface area contributed by atoms with E-state index in [4.69, 9.17) is 0 Å². The first-order valence-electron chi connectivity index (χ1n) is 8.65. The maximum atomic E-state index is 11.8. The summed E-state index contributed by atoms with van der Waals surface area (Å²) < 4.78 is 2.03. The maximum absolute atomic E-state index is 11.8. The number of rotatable bonds is 7. The van der Waals surface area contributed by atoms with E-state index in [1.165, 1.54) is 17.3 Å². The highest BCUT2D eigenvalue weighted by atomic mass is 32.2. The number of amides is 1. The average Bonchev–Trinajstić information content (AvgIpc) is 2.92. The zero-order chi connectivity index (χ0) is 17.8. The van der Waals surface area contributed by atoms with Gasteiger partial charge in [0, 0.05) is 19.0 Å². The molecule has 25 heavy (non-hydrogen) atoms. The van der Waals surface area contributed by atoms with E-state index < -0.39 is 0 Å². The van der Waals surface area contributed by atoms with Gasteiger partial charge in [-0.3, -0.25) is 4.79 Å². The second-order valence-corrected chi connectivity index (χ2v) is 6.97. The summed E-state index contributed by atoms with van der Waals surface area (Å²) in [5.74, 6) is 0.313. The van der Waals surface area contributed by atoms with Gasteiger partial charge in [-0.25, -0.2) is 4.98 Å². The van der Waals surface area contributed by atoms with E-state index in [1.54, 1.807) is 0 Å². The van der Waals surface area contributed by atoms with Crippen molar-refractivity contribution in [2.45, 2.75) is 38.3 Å². The molecule has 2 heterocycles. The van der Waals surface area contributed by atoms with Gasteiger partial charge in [-0.15, -0.1) is 10.2 Å². The van der Waals surface area contributed by atoms with E-state index in [1.807, 2.05) is 11.6 Å². The molecule has 1 aromatic carbocycles. The molecule has 0 aliphatic heterocycles. The Labute approximate surface area is 151 Å². The summed E-state index contributed by atoms with van der Waals surface area (Å²) in [6, 6.07) is 6.39. The molecule has 0 spiro atoms. The number of aryl methyl sites for hydroxylation is 2. The van der Waals surface area contributed by atoms with Crippen LogP contribution < -0.4 is 5.32 Å². The molecular weight excluding hydrogens is 334 g/mol. The van der Waals surface area contributed by atoms with Crippen LogP contribution in [-0.4, -0.2) is 38.0 Å². The summed E-state index contributed by atoms with van der Waals surface area (Å²) in [6.45, 7) is 4.95. The Bertz CT molecular complexity index is 905. The van der Waals surface area contributed by atoms with Gasteiger partial charge in [-0.2, -0.15) is 0 Å². The zero-order valence-electron chi connectivity index (χ0n) is 14.9. The summed E-state index contributed by atoms with van der Waals surface area (Å²) in [5, 5.41) is 13.1. The van der Waals surface area contributed by atoms with E-state index in [0.717, 1.165) is 47.9 Å². The lowest BCUT2D eigenvalue weighted by Crippen LogP contribution is -2.26. The van der Waals surface area contributed by atoms with Gasteiger partial charge in [0.15, 0.2) is 5.65 Å². The van der Waals surface area contributed by atoms with Crippen LogP contribution in [0.4, 0.5) is 0 Å². The minimum Gasteiger partial charge on any atom is -0.355 e. The van der Waals surface area contributed by atoms with Crippen molar-refractivity contribution in [2.24, 2.45) is 7.05 Å². The molecule has 0 aliphatic rings. The third kappa shape index (κ3) is 3.76. The number of nitrogens with one attached hydrogen (secondary N) is 1. The van der Waals surface area contributed by atoms with Crippen molar-refractivity contribution in [3.8, 4) is 0 Å². The van der Waals surface area contributed by atoms with Crippen molar-refractivity contribution in [3.63, 3.8) is 0 Å². The van der Waals surface area contributed by atoms with Gasteiger partial charge < -0.3 is 9.88 Å². The van der Waals surface area contributed by atoms with E-state index in [2.05, 4.69) is 52.5 Å². The Morgan fingerprint density at radius 2 is 2.12 bits per heavy atom. The molecule has 3 aromatic rings. The van der Waals surface area contributed by atoms with Crippen LogP contribution in [0.5, 0.6) is 0 Å². The van der Waals surface area contributed by atoms with Crippen molar-refractivity contribution in [2.75, 3.05) is 12.3 Å². The first-order valence-corrected chi connectivity index (χ1v) is 9.63. The first kappa shape index (κ1) is 17.7. The number of unbranched alkanes of at least 4 members (excludes halogenated alkanes) is 1. The number of thioether (sulfide) groups is 1. The van der Waals surface area contributed by atoms with Crippen LogP contribution in [0, 0.1) is 0 Å². The van der Waals surface area contributed by atoms with Crippen LogP contribution in [0.1, 0.15) is 32.3 Å². The molecule has 132 valence electrons. The highest BCUT2D eigenvalue weighted by Crippen LogP contribution is 2.27. The Morgan fingerprint density at radius 1 is 1.28 bits per heavy atom. The topological polar surface area (TPSA) is 72.7 Å². The number of aromatic nitrogens is 4. The van der Waals surface area contributed by atoms with Crippen molar-refractivity contribution < 1.29 is 4.79 Å². The minimum atomic E-state index is 0.00627. The van der Waals surface area contributed by atoms with Crippen molar-refractivity contribution in [1.29, 1.82) is 0 Å². The fraction of sp³-hybridized carbons (Fsp3) is 0.444. The van der Waals surface area contributed by atoms with Gasteiger partial charge >= 0.3 is 0 Å². The molecular formula is C18H23N5OS. The lowest BCUT2D eigenvalue weighted by atomic mass is 10.1. The summed E-state index contributed by atoms with van der Waals surface area (Å²) in [5.41, 5.74) is 3.97. The highest BCUT2D eigenvalue weighted by Gasteiger charge is 2.14. The molecule has 0 unspecified atom stereocenters. The number of nitrogens with zero attached hydrogens (tertiary/aromatic N) is 4. The highest BCUT2D eigenvalue weighted by molar-refractivity contribution is 7.99. The fourth-order valence-corrected chi connectivity index (χ4v) is 3.37. The van der Waals surface area contributed by atoms with Crippen molar-refractivity contribution in [3.05, 3.63) is 23.8 Å². The predicted molar refractivity (Wildman–Crippen MR) is 102 cm³/mol. The molecule has 0 radical (unpaired) electrons. The van der Waals surface area contributed by atoms with Crippen LogP contribution >= 0.6 is 11.8 Å². The standard InChI is InChI=1S/C18H23N5OS/c1-4-6-9-19-15(24)11-25-18-20-17-16(21-22-18)13-10-12(5-2)7-8-14(13)23(17)3/h7-8,10H,4-6,9,11H2,1-3H3,(H,19,24). The number of carbonyl (C=O) groups excluding carboxylic acids is 1. The van der Waals surface area contributed by atoms with Gasteiger partial charge in [0.2, 0.25) is 11.1 Å². The number of hydrogen-bond acceptors (Lipinski definition) is 5. The van der Waals surface area contributed by atoms with Crippen LogP contribution in [0.15, 0.2) is 23.4 Å². The zero-order valence-corrected chi connectivity index (χ0v) is 15.7.